The summed E-state index contributed by atoms with van der Waals surface area (Å²) in [4.78, 5) is 22.4. The van der Waals surface area contributed by atoms with Crippen molar-refractivity contribution in [1.82, 2.24) is 0 Å². The van der Waals surface area contributed by atoms with Crippen molar-refractivity contribution in [3.63, 3.8) is 0 Å². The third-order valence-electron chi connectivity index (χ3n) is 1.79. The van der Waals surface area contributed by atoms with Crippen molar-refractivity contribution in [1.29, 1.82) is 0 Å². The standard InChI is InChI=1S/C12H20O4Si2/c1-9(2)7-17-15-11(13)5-6-12(14)16-18-8-10(3)4/h5-8H,17-18H2,1-4H3. The van der Waals surface area contributed by atoms with E-state index >= 15 is 0 Å². The largest absolute Gasteiger partial charge is 0.518 e. The van der Waals surface area contributed by atoms with E-state index in [2.05, 4.69) is 0 Å². The van der Waals surface area contributed by atoms with Crippen LogP contribution in [0.5, 0.6) is 0 Å². The Balaban J connectivity index is 3.92. The molecular weight excluding hydrogens is 264 g/mol. The molecule has 0 saturated heterocycles. The second-order valence-corrected chi connectivity index (χ2v) is 6.22. The van der Waals surface area contributed by atoms with Crippen LogP contribution >= 0.6 is 0 Å². The summed E-state index contributed by atoms with van der Waals surface area (Å²) >= 11 is 0. The van der Waals surface area contributed by atoms with Gasteiger partial charge in [-0.05, 0) is 27.7 Å². The number of rotatable bonds is 6. The molecule has 0 saturated carbocycles. The van der Waals surface area contributed by atoms with Crippen molar-refractivity contribution >= 4 is 31.5 Å². The SMILES string of the molecule is CC(C)=C[SiH2]OC(=O)C=CC(=O)O[SiH2]C=C(C)C. The second kappa shape index (κ2) is 9.61. The molecule has 4 nitrogen and oxygen atoms in total. The molecule has 0 atom stereocenters. The molecule has 0 unspecified atom stereocenters. The summed E-state index contributed by atoms with van der Waals surface area (Å²) in [6, 6.07) is 0. The maximum atomic E-state index is 11.2. The Bertz CT molecular complexity index is 340. The number of carbonyl (C=O) groups excluding carboxylic acids is 2. The van der Waals surface area contributed by atoms with Crippen LogP contribution in [0.1, 0.15) is 27.7 Å². The van der Waals surface area contributed by atoms with E-state index in [0.29, 0.717) is 0 Å². The van der Waals surface area contributed by atoms with Crippen molar-refractivity contribution in [3.8, 4) is 0 Å². The molecule has 0 bridgehead atoms. The summed E-state index contributed by atoms with van der Waals surface area (Å²) in [5, 5.41) is 0. The highest BCUT2D eigenvalue weighted by Crippen LogP contribution is 1.90. The first-order valence-corrected chi connectivity index (χ1v) is 8.49. The molecule has 0 aliphatic carbocycles. The number of hydrogen-bond acceptors (Lipinski definition) is 4. The predicted octanol–water partition coefficient (Wildman–Crippen LogP) is 0.644. The highest BCUT2D eigenvalue weighted by Gasteiger charge is 1.99. The van der Waals surface area contributed by atoms with Crippen LogP contribution in [0.25, 0.3) is 0 Å². The molecule has 0 aliphatic heterocycles. The van der Waals surface area contributed by atoms with Gasteiger partial charge in [-0.25, -0.2) is 9.59 Å². The minimum atomic E-state index is -0.971. The van der Waals surface area contributed by atoms with E-state index in [0.717, 1.165) is 23.3 Å². The lowest BCUT2D eigenvalue weighted by molar-refractivity contribution is -0.131. The van der Waals surface area contributed by atoms with Gasteiger partial charge in [0.1, 0.15) is 0 Å². The molecule has 0 radical (unpaired) electrons. The number of hydrogen-bond donors (Lipinski definition) is 0. The van der Waals surface area contributed by atoms with Crippen LogP contribution < -0.4 is 0 Å². The summed E-state index contributed by atoms with van der Waals surface area (Å²) in [7, 11) is -1.94. The Kier molecular flexibility index (Phi) is 8.86. The van der Waals surface area contributed by atoms with Crippen molar-refractivity contribution in [2.45, 2.75) is 27.7 Å². The highest BCUT2D eigenvalue weighted by atomic mass is 28.2. The van der Waals surface area contributed by atoms with Gasteiger partial charge in [-0.3, -0.25) is 0 Å². The Labute approximate surface area is 113 Å². The molecule has 0 aromatic carbocycles. The molecule has 0 rings (SSSR count). The van der Waals surface area contributed by atoms with E-state index in [1.54, 1.807) is 0 Å². The Morgan fingerprint density at radius 3 is 1.39 bits per heavy atom. The average molecular weight is 284 g/mol. The monoisotopic (exact) mass is 284 g/mol. The van der Waals surface area contributed by atoms with Crippen LogP contribution in [0, 0.1) is 0 Å². The first-order chi connectivity index (χ1) is 8.41. The number of allylic oxidation sites excluding steroid dienone is 2. The molecule has 18 heavy (non-hydrogen) atoms. The Morgan fingerprint density at radius 1 is 0.778 bits per heavy atom. The smallest absolute Gasteiger partial charge is 0.317 e. The highest BCUT2D eigenvalue weighted by molar-refractivity contribution is 6.38. The minimum absolute atomic E-state index is 0.486. The summed E-state index contributed by atoms with van der Waals surface area (Å²) in [5.41, 5.74) is 6.11. The topological polar surface area (TPSA) is 52.6 Å². The Hall–Kier alpha value is -1.41. The van der Waals surface area contributed by atoms with Crippen LogP contribution in [0.15, 0.2) is 34.7 Å². The summed E-state index contributed by atoms with van der Waals surface area (Å²) < 4.78 is 9.95. The molecule has 0 fully saturated rings. The second-order valence-electron chi connectivity index (χ2n) is 4.16. The van der Waals surface area contributed by atoms with Crippen molar-refractivity contribution < 1.29 is 18.4 Å². The van der Waals surface area contributed by atoms with Gasteiger partial charge in [0.25, 0.3) is 0 Å². The molecule has 0 aromatic rings. The van der Waals surface area contributed by atoms with Crippen LogP contribution in [0.4, 0.5) is 0 Å². The van der Waals surface area contributed by atoms with E-state index < -0.39 is 31.5 Å². The zero-order valence-corrected chi connectivity index (χ0v) is 14.2. The van der Waals surface area contributed by atoms with Crippen LogP contribution in [0.2, 0.25) is 0 Å². The summed E-state index contributed by atoms with van der Waals surface area (Å²) in [6.07, 6.45) is 2.23. The molecule has 100 valence electrons. The van der Waals surface area contributed by atoms with Gasteiger partial charge in [0.05, 0.1) is 0 Å². The van der Waals surface area contributed by atoms with E-state index in [1.807, 2.05) is 39.1 Å². The van der Waals surface area contributed by atoms with Crippen molar-refractivity contribution in [3.05, 3.63) is 34.7 Å². The summed E-state index contributed by atoms with van der Waals surface area (Å²) in [6.45, 7) is 7.79. The lowest BCUT2D eigenvalue weighted by atomic mass is 10.4. The predicted molar refractivity (Wildman–Crippen MR) is 77.3 cm³/mol. The van der Waals surface area contributed by atoms with Gasteiger partial charge < -0.3 is 8.85 Å². The number of carbonyl (C=O) groups is 2. The summed E-state index contributed by atoms with van der Waals surface area (Å²) in [5.74, 6) is -0.972. The van der Waals surface area contributed by atoms with E-state index in [-0.39, 0.29) is 0 Å². The quantitative estimate of drug-likeness (QED) is 0.531. The average Bonchev–Trinajstić information content (AvgIpc) is 2.25. The molecule has 0 amide bonds. The fraction of sp³-hybridized carbons (Fsp3) is 0.333. The normalized spacial score (nSPS) is 11.1. The third kappa shape index (κ3) is 11.1. The maximum Gasteiger partial charge on any atom is 0.317 e. The van der Waals surface area contributed by atoms with Gasteiger partial charge in [0.2, 0.25) is 19.5 Å². The lowest BCUT2D eigenvalue weighted by Gasteiger charge is -1.99. The molecule has 0 aliphatic rings. The third-order valence-corrected chi connectivity index (χ3v) is 4.66. The van der Waals surface area contributed by atoms with Gasteiger partial charge in [-0.15, -0.1) is 0 Å². The molecule has 0 spiro atoms. The van der Waals surface area contributed by atoms with Gasteiger partial charge in [-0.2, -0.15) is 0 Å². The zero-order valence-electron chi connectivity index (χ0n) is 11.4. The van der Waals surface area contributed by atoms with Crippen LogP contribution in [0.3, 0.4) is 0 Å². The van der Waals surface area contributed by atoms with Gasteiger partial charge in [0, 0.05) is 12.2 Å². The van der Waals surface area contributed by atoms with Crippen molar-refractivity contribution in [2.75, 3.05) is 0 Å². The molecular formula is C12H20O4Si2. The van der Waals surface area contributed by atoms with E-state index in [9.17, 15) is 9.59 Å². The molecule has 6 heteroatoms. The minimum Gasteiger partial charge on any atom is -0.518 e. The maximum absolute atomic E-state index is 11.2. The van der Waals surface area contributed by atoms with E-state index in [4.69, 9.17) is 8.85 Å². The molecule has 0 N–H and O–H groups in total. The van der Waals surface area contributed by atoms with Crippen LogP contribution in [-0.2, 0) is 18.4 Å². The lowest BCUT2D eigenvalue weighted by Crippen LogP contribution is -2.07. The molecule has 0 aromatic heterocycles. The van der Waals surface area contributed by atoms with Gasteiger partial charge in [0.15, 0.2) is 0 Å². The van der Waals surface area contributed by atoms with Crippen LogP contribution in [-0.4, -0.2) is 31.5 Å². The van der Waals surface area contributed by atoms with Gasteiger partial charge >= 0.3 is 11.9 Å². The zero-order chi connectivity index (χ0) is 14.0. The van der Waals surface area contributed by atoms with E-state index in [1.165, 1.54) is 0 Å². The fourth-order valence-electron chi connectivity index (χ4n) is 0.813. The van der Waals surface area contributed by atoms with Gasteiger partial charge in [-0.1, -0.05) is 22.5 Å². The fourth-order valence-corrected chi connectivity index (χ4v) is 2.17. The Morgan fingerprint density at radius 2 is 1.11 bits per heavy atom. The first-order valence-electron chi connectivity index (χ1n) is 5.70. The van der Waals surface area contributed by atoms with Crippen molar-refractivity contribution in [2.24, 2.45) is 0 Å². The molecule has 0 heterocycles. The first kappa shape index (κ1) is 16.6.